The maximum absolute atomic E-state index is 5.78. The summed E-state index contributed by atoms with van der Waals surface area (Å²) in [6.45, 7) is 2.10. The van der Waals surface area contributed by atoms with Crippen LogP contribution < -0.4 is 5.73 Å². The predicted octanol–water partition coefficient (Wildman–Crippen LogP) is 1.36. The smallest absolute Gasteiger partial charge is 0.0270 e. The van der Waals surface area contributed by atoms with Gasteiger partial charge < -0.3 is 5.73 Å². The topological polar surface area (TPSA) is 38.9 Å². The van der Waals surface area contributed by atoms with Crippen LogP contribution in [-0.4, -0.2) is 11.0 Å². The van der Waals surface area contributed by atoms with Gasteiger partial charge in [-0.3, -0.25) is 4.98 Å². The van der Waals surface area contributed by atoms with Gasteiger partial charge in [-0.2, -0.15) is 0 Å². The largest absolute Gasteiger partial charge is 0.327 e. The second kappa shape index (κ2) is 4.09. The highest BCUT2D eigenvalue weighted by molar-refractivity contribution is 5.10. The van der Waals surface area contributed by atoms with E-state index in [0.717, 1.165) is 12.8 Å². The van der Waals surface area contributed by atoms with Gasteiger partial charge in [-0.15, -0.1) is 0 Å². The zero-order chi connectivity index (χ0) is 8.10. The molecule has 1 aromatic heterocycles. The zero-order valence-electron chi connectivity index (χ0n) is 6.83. The molecule has 0 aliphatic carbocycles. The highest BCUT2D eigenvalue weighted by atomic mass is 14.6. The molecule has 0 aromatic carbocycles. The maximum atomic E-state index is 5.78. The molecule has 1 atom stereocenters. The normalized spacial score (nSPS) is 12.9. The van der Waals surface area contributed by atoms with Crippen molar-refractivity contribution in [1.82, 2.24) is 4.98 Å². The first-order valence-electron chi connectivity index (χ1n) is 3.97. The monoisotopic (exact) mass is 150 g/mol. The van der Waals surface area contributed by atoms with Crippen LogP contribution >= 0.6 is 0 Å². The lowest BCUT2D eigenvalue weighted by molar-refractivity contribution is 0.646. The van der Waals surface area contributed by atoms with Gasteiger partial charge in [0, 0.05) is 18.4 Å². The molecule has 0 saturated heterocycles. The molecule has 0 bridgehead atoms. The first-order valence-corrected chi connectivity index (χ1v) is 3.97. The van der Waals surface area contributed by atoms with Gasteiger partial charge in [0.25, 0.3) is 0 Å². The Labute approximate surface area is 67.5 Å². The van der Waals surface area contributed by atoms with Crippen molar-refractivity contribution in [2.75, 3.05) is 0 Å². The zero-order valence-corrected chi connectivity index (χ0v) is 6.83. The van der Waals surface area contributed by atoms with E-state index in [9.17, 15) is 0 Å². The minimum Gasteiger partial charge on any atom is -0.327 e. The fourth-order valence-corrected chi connectivity index (χ4v) is 0.966. The van der Waals surface area contributed by atoms with Crippen LogP contribution in [0.4, 0.5) is 0 Å². The number of rotatable bonds is 3. The van der Waals surface area contributed by atoms with Gasteiger partial charge in [0.2, 0.25) is 0 Å². The first kappa shape index (κ1) is 8.21. The Balaban J connectivity index is 2.51. The van der Waals surface area contributed by atoms with E-state index in [0.29, 0.717) is 0 Å². The molecule has 0 aliphatic heterocycles. The minimum atomic E-state index is 0.289. The molecule has 1 aromatic rings. The number of nitrogens with two attached hydrogens (primary N) is 1. The van der Waals surface area contributed by atoms with Gasteiger partial charge in [0.1, 0.15) is 0 Å². The fraction of sp³-hybridized carbons (Fsp3) is 0.444. The second-order valence-electron chi connectivity index (χ2n) is 2.73. The van der Waals surface area contributed by atoms with Crippen molar-refractivity contribution in [2.24, 2.45) is 5.73 Å². The van der Waals surface area contributed by atoms with Crippen LogP contribution in [0.25, 0.3) is 0 Å². The molecular formula is C9H14N2. The molecule has 2 N–H and O–H groups in total. The van der Waals surface area contributed by atoms with Crippen molar-refractivity contribution < 1.29 is 0 Å². The molecule has 0 fully saturated rings. The van der Waals surface area contributed by atoms with Crippen LogP contribution in [-0.2, 0) is 6.42 Å². The van der Waals surface area contributed by atoms with Gasteiger partial charge in [0.15, 0.2) is 0 Å². The average molecular weight is 150 g/mol. The van der Waals surface area contributed by atoms with E-state index in [4.69, 9.17) is 5.73 Å². The minimum absolute atomic E-state index is 0.289. The Morgan fingerprint density at radius 1 is 1.45 bits per heavy atom. The van der Waals surface area contributed by atoms with Crippen molar-refractivity contribution in [3.63, 3.8) is 0 Å². The van der Waals surface area contributed by atoms with E-state index < -0.39 is 0 Å². The van der Waals surface area contributed by atoms with Crippen LogP contribution in [0.2, 0.25) is 0 Å². The van der Waals surface area contributed by atoms with Crippen molar-refractivity contribution in [3.8, 4) is 0 Å². The Hall–Kier alpha value is -0.890. The van der Waals surface area contributed by atoms with Crippen molar-refractivity contribution in [2.45, 2.75) is 25.8 Å². The summed E-state index contributed by atoms with van der Waals surface area (Å²) in [6.07, 6.45) is 5.59. The van der Waals surface area contributed by atoms with Crippen molar-refractivity contribution >= 4 is 0 Å². The van der Waals surface area contributed by atoms with E-state index in [1.807, 2.05) is 12.1 Å². The highest BCUT2D eigenvalue weighted by Gasteiger charge is 1.99. The van der Waals surface area contributed by atoms with Gasteiger partial charge >= 0.3 is 0 Å². The Morgan fingerprint density at radius 2 is 2.09 bits per heavy atom. The predicted molar refractivity (Wildman–Crippen MR) is 46.2 cm³/mol. The molecule has 0 amide bonds. The molecule has 0 unspecified atom stereocenters. The van der Waals surface area contributed by atoms with Crippen LogP contribution in [0.15, 0.2) is 24.5 Å². The Morgan fingerprint density at radius 3 is 2.64 bits per heavy atom. The molecule has 0 aliphatic rings. The third-order valence-electron chi connectivity index (χ3n) is 1.77. The molecule has 0 spiro atoms. The van der Waals surface area contributed by atoms with Crippen LogP contribution in [0.5, 0.6) is 0 Å². The standard InChI is InChI=1S/C9H14N2/c1-2-9(10)7-8-3-5-11-6-4-8/h3-6,9H,2,7,10H2,1H3/t9-/m0/s1. The lowest BCUT2D eigenvalue weighted by atomic mass is 10.1. The van der Waals surface area contributed by atoms with E-state index in [1.54, 1.807) is 12.4 Å². The third kappa shape index (κ3) is 2.68. The van der Waals surface area contributed by atoms with Crippen LogP contribution in [0, 0.1) is 0 Å². The molecule has 1 heterocycles. The van der Waals surface area contributed by atoms with Crippen molar-refractivity contribution in [3.05, 3.63) is 30.1 Å². The highest BCUT2D eigenvalue weighted by Crippen LogP contribution is 2.01. The summed E-state index contributed by atoms with van der Waals surface area (Å²) in [6, 6.07) is 4.31. The molecule has 11 heavy (non-hydrogen) atoms. The Bertz CT molecular complexity index is 196. The van der Waals surface area contributed by atoms with E-state index in [-0.39, 0.29) is 6.04 Å². The van der Waals surface area contributed by atoms with Crippen molar-refractivity contribution in [1.29, 1.82) is 0 Å². The number of hydrogen-bond acceptors (Lipinski definition) is 2. The quantitative estimate of drug-likeness (QED) is 0.706. The van der Waals surface area contributed by atoms with E-state index >= 15 is 0 Å². The molecule has 2 heteroatoms. The molecule has 60 valence electrons. The summed E-state index contributed by atoms with van der Waals surface area (Å²) in [7, 11) is 0. The fourth-order valence-electron chi connectivity index (χ4n) is 0.966. The van der Waals surface area contributed by atoms with E-state index in [1.165, 1.54) is 5.56 Å². The first-order chi connectivity index (χ1) is 5.33. The summed E-state index contributed by atoms with van der Waals surface area (Å²) in [5.74, 6) is 0. The summed E-state index contributed by atoms with van der Waals surface area (Å²) in [5.41, 5.74) is 7.06. The maximum Gasteiger partial charge on any atom is 0.0270 e. The van der Waals surface area contributed by atoms with Crippen LogP contribution in [0.1, 0.15) is 18.9 Å². The van der Waals surface area contributed by atoms with Gasteiger partial charge in [0.05, 0.1) is 0 Å². The van der Waals surface area contributed by atoms with E-state index in [2.05, 4.69) is 11.9 Å². The second-order valence-corrected chi connectivity index (χ2v) is 2.73. The number of aromatic nitrogens is 1. The molecule has 2 nitrogen and oxygen atoms in total. The summed E-state index contributed by atoms with van der Waals surface area (Å²) in [4.78, 5) is 3.94. The van der Waals surface area contributed by atoms with Gasteiger partial charge in [-0.1, -0.05) is 6.92 Å². The average Bonchev–Trinajstić information content (AvgIpc) is 2.06. The summed E-state index contributed by atoms with van der Waals surface area (Å²) < 4.78 is 0. The number of hydrogen-bond donors (Lipinski definition) is 1. The molecule has 1 rings (SSSR count). The number of pyridine rings is 1. The van der Waals surface area contributed by atoms with Crippen LogP contribution in [0.3, 0.4) is 0 Å². The number of nitrogens with zero attached hydrogens (tertiary/aromatic N) is 1. The molecule has 0 radical (unpaired) electrons. The summed E-state index contributed by atoms with van der Waals surface area (Å²) >= 11 is 0. The summed E-state index contributed by atoms with van der Waals surface area (Å²) in [5, 5.41) is 0. The SMILES string of the molecule is CC[C@H](N)Cc1ccncc1. The lowest BCUT2D eigenvalue weighted by Crippen LogP contribution is -2.21. The van der Waals surface area contributed by atoms with Gasteiger partial charge in [-0.25, -0.2) is 0 Å². The Kier molecular flexibility index (Phi) is 3.05. The van der Waals surface area contributed by atoms with Gasteiger partial charge in [-0.05, 0) is 30.5 Å². The molecule has 0 saturated carbocycles. The lowest BCUT2D eigenvalue weighted by Gasteiger charge is -2.06. The third-order valence-corrected chi connectivity index (χ3v) is 1.77. The molecular weight excluding hydrogens is 136 g/mol.